The first-order valence-electron chi connectivity index (χ1n) is 6.19. The van der Waals surface area contributed by atoms with Crippen LogP contribution in [0.4, 0.5) is 0 Å². The number of hydrogen-bond donors (Lipinski definition) is 1. The van der Waals surface area contributed by atoms with Gasteiger partial charge in [-0.25, -0.2) is 19.7 Å². The van der Waals surface area contributed by atoms with Gasteiger partial charge < -0.3 is 5.11 Å². The molecule has 3 rings (SSSR count). The maximum atomic E-state index is 10.9. The summed E-state index contributed by atoms with van der Waals surface area (Å²) in [6.07, 6.45) is 5.22. The summed E-state index contributed by atoms with van der Waals surface area (Å²) in [7, 11) is 0. The lowest BCUT2D eigenvalue weighted by Gasteiger charge is -2.10. The molecule has 2 heterocycles. The molecule has 1 aliphatic rings. The van der Waals surface area contributed by atoms with E-state index in [9.17, 15) is 4.79 Å². The minimum Gasteiger partial charge on any atom is -0.476 e. The lowest BCUT2D eigenvalue weighted by Crippen LogP contribution is -2.06. The number of rotatable bonds is 3. The summed E-state index contributed by atoms with van der Waals surface area (Å²) in [6.45, 7) is 3.88. The van der Waals surface area contributed by atoms with Gasteiger partial charge in [0, 0.05) is 23.4 Å². The van der Waals surface area contributed by atoms with E-state index in [4.69, 9.17) is 5.11 Å². The fourth-order valence-electron chi connectivity index (χ4n) is 1.96. The van der Waals surface area contributed by atoms with Crippen molar-refractivity contribution in [2.45, 2.75) is 32.6 Å². The molecule has 0 bridgehead atoms. The molecule has 0 saturated heterocycles. The van der Waals surface area contributed by atoms with Gasteiger partial charge in [0.15, 0.2) is 5.69 Å². The molecular weight excluding hydrogens is 244 g/mol. The van der Waals surface area contributed by atoms with Crippen molar-refractivity contribution >= 4 is 5.97 Å². The van der Waals surface area contributed by atoms with Gasteiger partial charge in [-0.3, -0.25) is 4.57 Å². The maximum Gasteiger partial charge on any atom is 0.356 e. The minimum atomic E-state index is -1.04. The zero-order valence-corrected chi connectivity index (χ0v) is 10.8. The molecule has 1 aliphatic carbocycles. The van der Waals surface area contributed by atoms with Gasteiger partial charge in [0.25, 0.3) is 0 Å². The molecule has 6 nitrogen and oxygen atoms in total. The molecule has 0 radical (unpaired) electrons. The van der Waals surface area contributed by atoms with Crippen LogP contribution in [0, 0.1) is 13.8 Å². The molecule has 0 aliphatic heterocycles. The number of aryl methyl sites for hydroxylation is 1. The van der Waals surface area contributed by atoms with E-state index in [1.54, 1.807) is 4.57 Å². The van der Waals surface area contributed by atoms with Gasteiger partial charge in [0.05, 0.1) is 0 Å². The van der Waals surface area contributed by atoms with Crippen LogP contribution in [0.25, 0.3) is 5.82 Å². The molecule has 2 aromatic rings. The first kappa shape index (κ1) is 11.8. The summed E-state index contributed by atoms with van der Waals surface area (Å²) in [6, 6.07) is 0. The van der Waals surface area contributed by atoms with E-state index in [0.717, 1.165) is 35.7 Å². The molecule has 0 aromatic carbocycles. The Morgan fingerprint density at radius 3 is 2.68 bits per heavy atom. The third-order valence-electron chi connectivity index (χ3n) is 3.37. The van der Waals surface area contributed by atoms with E-state index >= 15 is 0 Å². The van der Waals surface area contributed by atoms with E-state index in [1.807, 2.05) is 13.8 Å². The molecule has 1 N–H and O–H groups in total. The Balaban J connectivity index is 2.09. The van der Waals surface area contributed by atoms with Gasteiger partial charge in [-0.05, 0) is 26.7 Å². The van der Waals surface area contributed by atoms with Crippen LogP contribution in [0.1, 0.15) is 46.3 Å². The number of aromatic carboxylic acids is 1. The minimum absolute atomic E-state index is 0.0173. The summed E-state index contributed by atoms with van der Waals surface area (Å²) >= 11 is 0. The third-order valence-corrected chi connectivity index (χ3v) is 3.37. The van der Waals surface area contributed by atoms with Crippen molar-refractivity contribution < 1.29 is 9.90 Å². The molecule has 19 heavy (non-hydrogen) atoms. The van der Waals surface area contributed by atoms with Crippen LogP contribution >= 0.6 is 0 Å². The van der Waals surface area contributed by atoms with Gasteiger partial charge in [0.1, 0.15) is 18.0 Å². The maximum absolute atomic E-state index is 10.9. The second kappa shape index (κ2) is 4.15. The van der Waals surface area contributed by atoms with Gasteiger partial charge >= 0.3 is 5.97 Å². The number of aromatic nitrogens is 4. The van der Waals surface area contributed by atoms with E-state index in [-0.39, 0.29) is 5.69 Å². The second-order valence-electron chi connectivity index (χ2n) is 4.86. The molecular formula is C13H14N4O2. The van der Waals surface area contributed by atoms with Crippen LogP contribution in [0.2, 0.25) is 0 Å². The van der Waals surface area contributed by atoms with E-state index < -0.39 is 5.97 Å². The average Bonchev–Trinajstić information content (AvgIpc) is 3.09. The molecule has 0 unspecified atom stereocenters. The summed E-state index contributed by atoms with van der Waals surface area (Å²) in [5.74, 6) is 0.989. The number of carboxylic acids is 1. The number of nitrogens with zero attached hydrogens (tertiary/aromatic N) is 4. The summed E-state index contributed by atoms with van der Waals surface area (Å²) in [4.78, 5) is 23.8. The average molecular weight is 258 g/mol. The molecule has 0 amide bonds. The standard InChI is InChI=1S/C13H14N4O2/c1-7-8(2)15-11(9-3-4-9)16-12(7)17-5-10(13(18)19)14-6-17/h5-6,9H,3-4H2,1-2H3,(H,18,19). The smallest absolute Gasteiger partial charge is 0.356 e. The predicted octanol–water partition coefficient (Wildman–Crippen LogP) is 1.85. The lowest BCUT2D eigenvalue weighted by atomic mass is 10.2. The summed E-state index contributed by atoms with van der Waals surface area (Å²) in [5.41, 5.74) is 1.89. The zero-order chi connectivity index (χ0) is 13.6. The van der Waals surface area contributed by atoms with Crippen LogP contribution in [-0.4, -0.2) is 30.6 Å². The number of hydrogen-bond acceptors (Lipinski definition) is 4. The Kier molecular flexibility index (Phi) is 2.58. The van der Waals surface area contributed by atoms with Gasteiger partial charge in [-0.1, -0.05) is 0 Å². The van der Waals surface area contributed by atoms with Crippen molar-refractivity contribution in [1.29, 1.82) is 0 Å². The van der Waals surface area contributed by atoms with E-state index in [2.05, 4.69) is 15.0 Å². The van der Waals surface area contributed by atoms with Crippen molar-refractivity contribution in [3.8, 4) is 5.82 Å². The Hall–Kier alpha value is -2.24. The van der Waals surface area contributed by atoms with E-state index in [0.29, 0.717) is 5.92 Å². The predicted molar refractivity (Wildman–Crippen MR) is 67.6 cm³/mol. The highest BCUT2D eigenvalue weighted by atomic mass is 16.4. The Morgan fingerprint density at radius 2 is 2.11 bits per heavy atom. The largest absolute Gasteiger partial charge is 0.476 e. The van der Waals surface area contributed by atoms with Crippen LogP contribution in [-0.2, 0) is 0 Å². The Bertz CT molecular complexity index is 659. The highest BCUT2D eigenvalue weighted by Crippen LogP contribution is 2.38. The van der Waals surface area contributed by atoms with Crippen molar-refractivity contribution in [3.05, 3.63) is 35.3 Å². The van der Waals surface area contributed by atoms with Crippen LogP contribution in [0.3, 0.4) is 0 Å². The molecule has 6 heteroatoms. The molecule has 98 valence electrons. The number of imidazole rings is 1. The monoisotopic (exact) mass is 258 g/mol. The number of carboxylic acid groups (broad SMARTS) is 1. The third kappa shape index (κ3) is 2.09. The highest BCUT2D eigenvalue weighted by Gasteiger charge is 2.28. The quantitative estimate of drug-likeness (QED) is 0.908. The first-order valence-corrected chi connectivity index (χ1v) is 6.19. The topological polar surface area (TPSA) is 80.9 Å². The second-order valence-corrected chi connectivity index (χ2v) is 4.86. The fraction of sp³-hybridized carbons (Fsp3) is 0.385. The summed E-state index contributed by atoms with van der Waals surface area (Å²) in [5, 5.41) is 8.91. The molecule has 1 fully saturated rings. The van der Waals surface area contributed by atoms with Crippen LogP contribution in [0.5, 0.6) is 0 Å². The molecule has 0 spiro atoms. The zero-order valence-electron chi connectivity index (χ0n) is 10.8. The van der Waals surface area contributed by atoms with Crippen LogP contribution < -0.4 is 0 Å². The lowest BCUT2D eigenvalue weighted by molar-refractivity contribution is 0.0691. The highest BCUT2D eigenvalue weighted by molar-refractivity contribution is 5.85. The summed E-state index contributed by atoms with van der Waals surface area (Å²) < 4.78 is 1.65. The van der Waals surface area contributed by atoms with Crippen LogP contribution in [0.15, 0.2) is 12.5 Å². The van der Waals surface area contributed by atoms with Gasteiger partial charge in [0.2, 0.25) is 0 Å². The van der Waals surface area contributed by atoms with Crippen molar-refractivity contribution in [2.75, 3.05) is 0 Å². The SMILES string of the molecule is Cc1nc(C2CC2)nc(-n2cnc(C(=O)O)c2)c1C. The Labute approximate surface area is 110 Å². The molecule has 0 atom stereocenters. The first-order chi connectivity index (χ1) is 9.06. The normalized spacial score (nSPS) is 14.6. The van der Waals surface area contributed by atoms with E-state index in [1.165, 1.54) is 12.5 Å². The van der Waals surface area contributed by atoms with Crippen molar-refractivity contribution in [1.82, 2.24) is 19.5 Å². The van der Waals surface area contributed by atoms with Gasteiger partial charge in [-0.2, -0.15) is 0 Å². The Morgan fingerprint density at radius 1 is 1.37 bits per heavy atom. The molecule has 2 aromatic heterocycles. The molecule has 1 saturated carbocycles. The number of carbonyl (C=O) groups is 1. The van der Waals surface area contributed by atoms with Crippen molar-refractivity contribution in [3.63, 3.8) is 0 Å². The fourth-order valence-corrected chi connectivity index (χ4v) is 1.96. The van der Waals surface area contributed by atoms with Crippen molar-refractivity contribution in [2.24, 2.45) is 0 Å². The van der Waals surface area contributed by atoms with Gasteiger partial charge in [-0.15, -0.1) is 0 Å².